The molecule has 1 amide bonds. The highest BCUT2D eigenvalue weighted by Crippen LogP contribution is 2.35. The number of carbonyl (C=O) groups excluding carboxylic acids is 1. The van der Waals surface area contributed by atoms with E-state index in [-0.39, 0.29) is 28.2 Å². The zero-order valence-electron chi connectivity index (χ0n) is 16.7. The van der Waals surface area contributed by atoms with Gasteiger partial charge in [-0.3, -0.25) is 4.79 Å². The summed E-state index contributed by atoms with van der Waals surface area (Å²) < 4.78 is 34.8. The molecule has 1 aromatic heterocycles. The summed E-state index contributed by atoms with van der Waals surface area (Å²) in [5.74, 6) is 0.0895. The molecule has 0 radical (unpaired) electrons. The van der Waals surface area contributed by atoms with Crippen molar-refractivity contribution in [2.75, 3.05) is 13.1 Å². The Morgan fingerprint density at radius 3 is 2.44 bits per heavy atom. The minimum atomic E-state index is -3.77. The Kier molecular flexibility index (Phi) is 5.36. The Hall–Kier alpha value is -1.86. The lowest BCUT2D eigenvalue weighted by atomic mass is 10.0. The second kappa shape index (κ2) is 7.28. The molecule has 6 nitrogen and oxygen atoms in total. The lowest BCUT2D eigenvalue weighted by Gasteiger charge is -2.15. The Morgan fingerprint density at radius 1 is 1.22 bits per heavy atom. The molecule has 1 aromatic carbocycles. The molecule has 0 spiro atoms. The predicted molar refractivity (Wildman–Crippen MR) is 106 cm³/mol. The average Bonchev–Trinajstić information content (AvgIpc) is 3.24. The number of nitrogens with zero attached hydrogens (tertiary/aromatic N) is 1. The van der Waals surface area contributed by atoms with Gasteiger partial charge in [0.15, 0.2) is 11.3 Å². The number of fused-ring (bicyclic) bond motifs is 1. The van der Waals surface area contributed by atoms with Gasteiger partial charge in [0.05, 0.1) is 0 Å². The molecule has 0 bridgehead atoms. The first-order valence-corrected chi connectivity index (χ1v) is 11.0. The molecule has 2 heterocycles. The molecule has 3 rings (SSSR count). The van der Waals surface area contributed by atoms with Crippen molar-refractivity contribution < 1.29 is 17.6 Å². The van der Waals surface area contributed by atoms with E-state index in [1.165, 1.54) is 0 Å². The van der Waals surface area contributed by atoms with E-state index in [4.69, 9.17) is 4.42 Å². The van der Waals surface area contributed by atoms with E-state index < -0.39 is 10.0 Å². The van der Waals surface area contributed by atoms with Crippen LogP contribution in [0, 0.1) is 20.8 Å². The third kappa shape index (κ3) is 3.50. The van der Waals surface area contributed by atoms with Gasteiger partial charge in [0.1, 0.15) is 4.90 Å². The summed E-state index contributed by atoms with van der Waals surface area (Å²) in [6.07, 6.45) is 2.66. The predicted octanol–water partition coefficient (Wildman–Crippen LogP) is 3.67. The van der Waals surface area contributed by atoms with Gasteiger partial charge < -0.3 is 9.32 Å². The number of sulfonamides is 1. The number of amides is 1. The number of furan rings is 1. The molecular weight excluding hydrogens is 364 g/mol. The van der Waals surface area contributed by atoms with E-state index in [9.17, 15) is 13.2 Å². The summed E-state index contributed by atoms with van der Waals surface area (Å²) in [5.41, 5.74) is 2.47. The Labute approximate surface area is 161 Å². The number of hydrogen-bond donors (Lipinski definition) is 1. The Morgan fingerprint density at radius 2 is 1.85 bits per heavy atom. The zero-order valence-corrected chi connectivity index (χ0v) is 17.5. The molecule has 1 aliphatic rings. The van der Waals surface area contributed by atoms with Crippen molar-refractivity contribution in [1.29, 1.82) is 0 Å². The van der Waals surface area contributed by atoms with Crippen LogP contribution < -0.4 is 4.72 Å². The third-order valence-corrected chi connectivity index (χ3v) is 7.26. The SMILES string of the molecule is CCC(C)NS(=O)(=O)c1c(C)c(C)cc2c(C)c(C(=O)N3CCCC3)oc12. The highest BCUT2D eigenvalue weighted by Gasteiger charge is 2.30. The minimum Gasteiger partial charge on any atom is -0.449 e. The molecule has 148 valence electrons. The highest BCUT2D eigenvalue weighted by atomic mass is 32.2. The maximum Gasteiger partial charge on any atom is 0.289 e. The van der Waals surface area contributed by atoms with E-state index in [0.29, 0.717) is 36.0 Å². The van der Waals surface area contributed by atoms with E-state index in [1.807, 2.05) is 33.8 Å². The van der Waals surface area contributed by atoms with E-state index >= 15 is 0 Å². The molecule has 1 N–H and O–H groups in total. The molecule has 1 aliphatic heterocycles. The normalized spacial score (nSPS) is 16.3. The summed E-state index contributed by atoms with van der Waals surface area (Å²) in [4.78, 5) is 14.8. The van der Waals surface area contributed by atoms with Crippen LogP contribution in [0.1, 0.15) is 60.4 Å². The fourth-order valence-corrected chi connectivity index (χ4v) is 5.32. The maximum absolute atomic E-state index is 13.1. The number of carbonyl (C=O) groups is 1. The topological polar surface area (TPSA) is 79.6 Å². The number of benzene rings is 1. The van der Waals surface area contributed by atoms with Gasteiger partial charge in [-0.2, -0.15) is 0 Å². The first-order chi connectivity index (χ1) is 12.7. The molecular formula is C20H28N2O4S. The van der Waals surface area contributed by atoms with E-state index in [1.54, 1.807) is 11.8 Å². The summed E-state index contributed by atoms with van der Waals surface area (Å²) in [7, 11) is -3.77. The van der Waals surface area contributed by atoms with Gasteiger partial charge in [-0.05, 0) is 64.2 Å². The molecule has 1 saturated heterocycles. The van der Waals surface area contributed by atoms with Gasteiger partial charge >= 0.3 is 0 Å². The number of aryl methyl sites for hydroxylation is 2. The van der Waals surface area contributed by atoms with Crippen LogP contribution >= 0.6 is 0 Å². The highest BCUT2D eigenvalue weighted by molar-refractivity contribution is 7.89. The maximum atomic E-state index is 13.1. The van der Waals surface area contributed by atoms with Crippen LogP contribution in [0.3, 0.4) is 0 Å². The van der Waals surface area contributed by atoms with Crippen LogP contribution in [0.25, 0.3) is 11.0 Å². The van der Waals surface area contributed by atoms with Crippen molar-refractivity contribution in [3.05, 3.63) is 28.5 Å². The lowest BCUT2D eigenvalue weighted by Crippen LogP contribution is -2.32. The summed E-state index contributed by atoms with van der Waals surface area (Å²) in [5, 5.41) is 0.685. The smallest absolute Gasteiger partial charge is 0.289 e. The first kappa shape index (κ1) is 19.9. The monoisotopic (exact) mass is 392 g/mol. The number of likely N-dealkylation sites (tertiary alicyclic amines) is 1. The molecule has 1 fully saturated rings. The molecule has 27 heavy (non-hydrogen) atoms. The minimum absolute atomic E-state index is 0.140. The van der Waals surface area contributed by atoms with E-state index in [2.05, 4.69) is 4.72 Å². The molecule has 1 atom stereocenters. The molecule has 7 heteroatoms. The third-order valence-electron chi connectivity index (χ3n) is 5.52. The molecule has 0 aliphatic carbocycles. The summed E-state index contributed by atoms with van der Waals surface area (Å²) in [6, 6.07) is 1.72. The van der Waals surface area contributed by atoms with Crippen molar-refractivity contribution in [3.8, 4) is 0 Å². The fourth-order valence-electron chi connectivity index (χ4n) is 3.54. The van der Waals surface area contributed by atoms with Crippen LogP contribution in [0.4, 0.5) is 0 Å². The van der Waals surface area contributed by atoms with Crippen molar-refractivity contribution in [2.24, 2.45) is 0 Å². The van der Waals surface area contributed by atoms with Crippen LogP contribution in [-0.2, 0) is 10.0 Å². The molecule has 2 aromatic rings. The summed E-state index contributed by atoms with van der Waals surface area (Å²) in [6.45, 7) is 10.7. The van der Waals surface area contributed by atoms with E-state index in [0.717, 1.165) is 18.4 Å². The number of rotatable bonds is 5. The van der Waals surface area contributed by atoms with Crippen LogP contribution in [0.15, 0.2) is 15.4 Å². The Balaban J connectivity index is 2.20. The van der Waals surface area contributed by atoms with Crippen LogP contribution in [0.5, 0.6) is 0 Å². The average molecular weight is 393 g/mol. The van der Waals surface area contributed by atoms with Crippen LogP contribution in [0.2, 0.25) is 0 Å². The Bertz CT molecular complexity index is 985. The summed E-state index contributed by atoms with van der Waals surface area (Å²) >= 11 is 0. The lowest BCUT2D eigenvalue weighted by molar-refractivity contribution is 0.0762. The van der Waals surface area contributed by atoms with Crippen molar-refractivity contribution in [1.82, 2.24) is 9.62 Å². The van der Waals surface area contributed by atoms with Gasteiger partial charge in [0.25, 0.3) is 5.91 Å². The van der Waals surface area contributed by atoms with Crippen molar-refractivity contribution in [3.63, 3.8) is 0 Å². The zero-order chi connectivity index (χ0) is 19.9. The van der Waals surface area contributed by atoms with Crippen molar-refractivity contribution in [2.45, 2.75) is 64.8 Å². The quantitative estimate of drug-likeness (QED) is 0.842. The second-order valence-electron chi connectivity index (χ2n) is 7.51. The van der Waals surface area contributed by atoms with Crippen LogP contribution in [-0.4, -0.2) is 38.4 Å². The molecule has 0 saturated carbocycles. The van der Waals surface area contributed by atoms with Gasteiger partial charge in [-0.15, -0.1) is 0 Å². The van der Waals surface area contributed by atoms with Crippen molar-refractivity contribution >= 4 is 26.9 Å². The second-order valence-corrected chi connectivity index (χ2v) is 9.16. The van der Waals surface area contributed by atoms with Gasteiger partial charge in [-0.1, -0.05) is 6.92 Å². The number of nitrogens with one attached hydrogen (secondary N) is 1. The molecule has 1 unspecified atom stereocenters. The van der Waals surface area contributed by atoms with Gasteiger partial charge in [-0.25, -0.2) is 13.1 Å². The fraction of sp³-hybridized carbons (Fsp3) is 0.550. The van der Waals surface area contributed by atoms with Gasteiger partial charge in [0.2, 0.25) is 10.0 Å². The van der Waals surface area contributed by atoms with Gasteiger partial charge in [0, 0.05) is 30.1 Å². The largest absolute Gasteiger partial charge is 0.449 e. The standard InChI is InChI=1S/C20H28N2O4S/c1-6-13(3)21-27(24,25)19-14(4)12(2)11-16-15(5)17(26-18(16)19)20(23)22-9-7-8-10-22/h11,13,21H,6-10H2,1-5H3. The number of hydrogen-bond acceptors (Lipinski definition) is 4. The first-order valence-electron chi connectivity index (χ1n) is 9.52.